The molecule has 0 radical (unpaired) electrons. The highest BCUT2D eigenvalue weighted by Crippen LogP contribution is 2.24. The highest BCUT2D eigenvalue weighted by molar-refractivity contribution is 7.91. The van der Waals surface area contributed by atoms with Gasteiger partial charge in [0.2, 0.25) is 11.8 Å². The van der Waals surface area contributed by atoms with Gasteiger partial charge in [-0.3, -0.25) is 4.90 Å². The summed E-state index contributed by atoms with van der Waals surface area (Å²) in [6.07, 6.45) is 0.646. The second-order valence-corrected chi connectivity index (χ2v) is 9.67. The van der Waals surface area contributed by atoms with Gasteiger partial charge in [-0.1, -0.05) is 24.3 Å². The normalized spacial score (nSPS) is 19.2. The summed E-state index contributed by atoms with van der Waals surface area (Å²) in [6.45, 7) is 1.12. The standard InChI is InChI=1S/C18H19N3O3S2/c22-26(23)10-8-15(13-26)21(11-16-7-4-9-25-16)12-17-19-20-18(24-17)14-5-2-1-3-6-14/h1-7,9,15H,8,10-13H2. The molecule has 0 N–H and O–H groups in total. The van der Waals surface area contributed by atoms with Crippen LogP contribution in [0, 0.1) is 0 Å². The quantitative estimate of drug-likeness (QED) is 0.645. The summed E-state index contributed by atoms with van der Waals surface area (Å²) in [5.41, 5.74) is 0.875. The first kappa shape index (κ1) is 17.4. The van der Waals surface area contributed by atoms with Crippen LogP contribution in [0.1, 0.15) is 17.2 Å². The predicted molar refractivity (Wildman–Crippen MR) is 100 cm³/mol. The van der Waals surface area contributed by atoms with Gasteiger partial charge in [0, 0.05) is 23.0 Å². The third kappa shape index (κ3) is 4.03. The van der Waals surface area contributed by atoms with Crippen molar-refractivity contribution in [3.8, 4) is 11.5 Å². The first-order valence-electron chi connectivity index (χ1n) is 8.44. The van der Waals surface area contributed by atoms with E-state index >= 15 is 0 Å². The number of rotatable bonds is 6. The Morgan fingerprint density at radius 2 is 1.96 bits per heavy atom. The van der Waals surface area contributed by atoms with Gasteiger partial charge in [0.15, 0.2) is 9.84 Å². The molecule has 8 heteroatoms. The maximum Gasteiger partial charge on any atom is 0.247 e. The Labute approximate surface area is 156 Å². The maximum absolute atomic E-state index is 11.9. The molecular formula is C18H19N3O3S2. The lowest BCUT2D eigenvalue weighted by atomic mass is 10.2. The van der Waals surface area contributed by atoms with Crippen molar-refractivity contribution in [1.82, 2.24) is 15.1 Å². The Bertz CT molecular complexity index is 953. The maximum atomic E-state index is 11.9. The van der Waals surface area contributed by atoms with Crippen LogP contribution in [0.3, 0.4) is 0 Å². The number of aromatic nitrogens is 2. The minimum absolute atomic E-state index is 0.0193. The third-order valence-electron chi connectivity index (χ3n) is 4.49. The Morgan fingerprint density at radius 1 is 1.12 bits per heavy atom. The molecule has 6 nitrogen and oxygen atoms in total. The molecule has 1 saturated heterocycles. The largest absolute Gasteiger partial charge is 0.419 e. The minimum Gasteiger partial charge on any atom is -0.419 e. The lowest BCUT2D eigenvalue weighted by Crippen LogP contribution is -2.35. The predicted octanol–water partition coefficient (Wildman–Crippen LogP) is 2.99. The minimum atomic E-state index is -2.95. The van der Waals surface area contributed by atoms with Gasteiger partial charge in [-0.05, 0) is 30.0 Å². The lowest BCUT2D eigenvalue weighted by Gasteiger charge is -2.25. The van der Waals surface area contributed by atoms with E-state index in [1.54, 1.807) is 11.3 Å². The molecule has 0 amide bonds. The molecule has 1 atom stereocenters. The second kappa shape index (κ2) is 7.30. The van der Waals surface area contributed by atoms with Crippen LogP contribution in [0.15, 0.2) is 52.3 Å². The summed E-state index contributed by atoms with van der Waals surface area (Å²) in [5, 5.41) is 10.3. The van der Waals surface area contributed by atoms with Gasteiger partial charge in [0.25, 0.3) is 0 Å². The van der Waals surface area contributed by atoms with Crippen LogP contribution in [0.2, 0.25) is 0 Å². The van der Waals surface area contributed by atoms with Crippen molar-refractivity contribution in [2.75, 3.05) is 11.5 Å². The van der Waals surface area contributed by atoms with Gasteiger partial charge >= 0.3 is 0 Å². The molecule has 1 fully saturated rings. The van der Waals surface area contributed by atoms with Crippen LogP contribution in [0.5, 0.6) is 0 Å². The van der Waals surface area contributed by atoms with E-state index in [0.717, 1.165) is 5.56 Å². The van der Waals surface area contributed by atoms with Gasteiger partial charge in [0.1, 0.15) is 0 Å². The second-order valence-electron chi connectivity index (χ2n) is 6.41. The van der Waals surface area contributed by atoms with E-state index in [9.17, 15) is 8.42 Å². The summed E-state index contributed by atoms with van der Waals surface area (Å²) in [7, 11) is -2.95. The van der Waals surface area contributed by atoms with E-state index in [4.69, 9.17) is 4.42 Å². The Morgan fingerprint density at radius 3 is 2.65 bits per heavy atom. The van der Waals surface area contributed by atoms with E-state index in [-0.39, 0.29) is 17.5 Å². The fraction of sp³-hybridized carbons (Fsp3) is 0.333. The van der Waals surface area contributed by atoms with Gasteiger partial charge < -0.3 is 4.42 Å². The first-order chi connectivity index (χ1) is 12.6. The van der Waals surface area contributed by atoms with Crippen LogP contribution in [0.4, 0.5) is 0 Å². The first-order valence-corrected chi connectivity index (χ1v) is 11.1. The van der Waals surface area contributed by atoms with Crippen LogP contribution in [-0.2, 0) is 22.9 Å². The summed E-state index contributed by atoms with van der Waals surface area (Å²) in [6, 6.07) is 13.7. The Kier molecular flexibility index (Phi) is 4.88. The average Bonchev–Trinajstić information content (AvgIpc) is 3.36. The number of hydrogen-bond acceptors (Lipinski definition) is 7. The molecule has 1 aromatic carbocycles. The molecule has 3 heterocycles. The van der Waals surface area contributed by atoms with E-state index in [0.29, 0.717) is 31.3 Å². The van der Waals surface area contributed by atoms with E-state index in [1.165, 1.54) is 4.88 Å². The SMILES string of the molecule is O=S1(=O)CCC(N(Cc2nnc(-c3ccccc3)o2)Cc2cccs2)C1. The highest BCUT2D eigenvalue weighted by atomic mass is 32.2. The van der Waals surface area contributed by atoms with Gasteiger partial charge in [-0.2, -0.15) is 0 Å². The number of hydrogen-bond donors (Lipinski definition) is 0. The van der Waals surface area contributed by atoms with Crippen LogP contribution >= 0.6 is 11.3 Å². The van der Waals surface area contributed by atoms with Gasteiger partial charge in [-0.25, -0.2) is 8.42 Å². The Hall–Kier alpha value is -2.03. The smallest absolute Gasteiger partial charge is 0.247 e. The molecule has 2 aromatic heterocycles. The van der Waals surface area contributed by atoms with Crippen molar-refractivity contribution in [3.63, 3.8) is 0 Å². The van der Waals surface area contributed by atoms with Crippen LogP contribution < -0.4 is 0 Å². The number of sulfone groups is 1. The topological polar surface area (TPSA) is 76.3 Å². The van der Waals surface area contributed by atoms with E-state index in [2.05, 4.69) is 21.2 Å². The molecule has 1 aliphatic rings. The fourth-order valence-corrected chi connectivity index (χ4v) is 5.66. The lowest BCUT2D eigenvalue weighted by molar-refractivity contribution is 0.178. The zero-order chi connectivity index (χ0) is 18.0. The highest BCUT2D eigenvalue weighted by Gasteiger charge is 2.33. The van der Waals surface area contributed by atoms with Crippen molar-refractivity contribution in [3.05, 3.63) is 58.6 Å². The molecule has 0 bridgehead atoms. The number of benzene rings is 1. The molecule has 1 aliphatic heterocycles. The zero-order valence-electron chi connectivity index (χ0n) is 14.1. The summed E-state index contributed by atoms with van der Waals surface area (Å²) < 4.78 is 29.6. The van der Waals surface area contributed by atoms with E-state index < -0.39 is 9.84 Å². The number of thiophene rings is 1. The van der Waals surface area contributed by atoms with Crippen LogP contribution in [0.25, 0.3) is 11.5 Å². The monoisotopic (exact) mass is 389 g/mol. The van der Waals surface area contributed by atoms with Crippen molar-refractivity contribution < 1.29 is 12.8 Å². The van der Waals surface area contributed by atoms with Gasteiger partial charge in [0.05, 0.1) is 18.1 Å². The average molecular weight is 390 g/mol. The Balaban J connectivity index is 1.54. The molecule has 0 spiro atoms. The molecule has 26 heavy (non-hydrogen) atoms. The molecule has 0 aliphatic carbocycles. The van der Waals surface area contributed by atoms with E-state index in [1.807, 2.05) is 41.8 Å². The third-order valence-corrected chi connectivity index (χ3v) is 7.10. The molecule has 1 unspecified atom stereocenters. The molecular weight excluding hydrogens is 370 g/mol. The van der Waals surface area contributed by atoms with Crippen molar-refractivity contribution in [2.45, 2.75) is 25.6 Å². The fourth-order valence-electron chi connectivity index (χ4n) is 3.17. The van der Waals surface area contributed by atoms with Crippen molar-refractivity contribution >= 4 is 21.2 Å². The molecule has 136 valence electrons. The van der Waals surface area contributed by atoms with Gasteiger partial charge in [-0.15, -0.1) is 21.5 Å². The van der Waals surface area contributed by atoms with Crippen molar-refractivity contribution in [2.24, 2.45) is 0 Å². The van der Waals surface area contributed by atoms with Crippen molar-refractivity contribution in [1.29, 1.82) is 0 Å². The molecule has 4 rings (SSSR count). The summed E-state index contributed by atoms with van der Waals surface area (Å²) in [4.78, 5) is 3.33. The van der Waals surface area contributed by atoms with Crippen LogP contribution in [-0.4, -0.2) is 41.1 Å². The molecule has 0 saturated carbocycles. The number of nitrogens with zero attached hydrogens (tertiary/aromatic N) is 3. The zero-order valence-corrected chi connectivity index (χ0v) is 15.7. The summed E-state index contributed by atoms with van der Waals surface area (Å²) in [5.74, 6) is 1.43. The summed E-state index contributed by atoms with van der Waals surface area (Å²) >= 11 is 1.66. The molecule has 3 aromatic rings.